The summed E-state index contributed by atoms with van der Waals surface area (Å²) in [6.45, 7) is 4.89. The maximum absolute atomic E-state index is 11.9. The molecule has 0 spiro atoms. The van der Waals surface area contributed by atoms with Crippen LogP contribution in [0.1, 0.15) is 19.4 Å². The molecule has 25 heavy (non-hydrogen) atoms. The summed E-state index contributed by atoms with van der Waals surface area (Å²) in [5.41, 5.74) is 4.09. The van der Waals surface area contributed by atoms with Crippen molar-refractivity contribution in [3.8, 4) is 21.8 Å². The van der Waals surface area contributed by atoms with E-state index in [0.717, 1.165) is 27.4 Å². The molecule has 1 N–H and O–H groups in total. The molecule has 4 nitrogen and oxygen atoms in total. The zero-order valence-corrected chi connectivity index (χ0v) is 15.2. The fraction of sp³-hybridized carbons (Fsp3) is 0.250. The van der Waals surface area contributed by atoms with E-state index in [9.17, 15) is 4.79 Å². The van der Waals surface area contributed by atoms with Gasteiger partial charge in [-0.3, -0.25) is 9.78 Å². The van der Waals surface area contributed by atoms with Crippen molar-refractivity contribution in [3.63, 3.8) is 0 Å². The van der Waals surface area contributed by atoms with Crippen molar-refractivity contribution >= 4 is 17.2 Å². The number of carbonyl (C=O) groups is 1. The standard InChI is InChI=1S/C20H21N3OS/c1-14(2)12-22-19(24)11-15-3-5-16(6-4-15)18-13-25-20(23-18)17-7-9-21-10-8-17/h3-10,13-14H,11-12H2,1-2H3,(H,22,24). The fourth-order valence-corrected chi connectivity index (χ4v) is 3.23. The quantitative estimate of drug-likeness (QED) is 0.724. The molecule has 0 aliphatic rings. The van der Waals surface area contributed by atoms with Crippen LogP contribution >= 0.6 is 11.3 Å². The molecule has 0 saturated heterocycles. The highest BCUT2D eigenvalue weighted by Gasteiger charge is 2.08. The molecule has 0 radical (unpaired) electrons. The first kappa shape index (κ1) is 17.3. The first-order valence-electron chi connectivity index (χ1n) is 8.34. The monoisotopic (exact) mass is 351 g/mol. The van der Waals surface area contributed by atoms with Crippen LogP contribution in [0.15, 0.2) is 54.2 Å². The minimum Gasteiger partial charge on any atom is -0.356 e. The highest BCUT2D eigenvalue weighted by molar-refractivity contribution is 7.13. The van der Waals surface area contributed by atoms with Crippen molar-refractivity contribution in [3.05, 3.63) is 59.7 Å². The molecule has 1 aromatic carbocycles. The van der Waals surface area contributed by atoms with Crippen LogP contribution < -0.4 is 5.32 Å². The number of hydrogen-bond donors (Lipinski definition) is 1. The Kier molecular flexibility index (Phi) is 5.56. The zero-order valence-electron chi connectivity index (χ0n) is 14.4. The van der Waals surface area contributed by atoms with Gasteiger partial charge in [0.05, 0.1) is 12.1 Å². The lowest BCUT2D eigenvalue weighted by atomic mass is 10.1. The Morgan fingerprint density at radius 2 is 1.80 bits per heavy atom. The Labute approximate surface area is 152 Å². The molecule has 5 heteroatoms. The van der Waals surface area contributed by atoms with E-state index in [1.807, 2.05) is 36.4 Å². The van der Waals surface area contributed by atoms with E-state index in [0.29, 0.717) is 18.9 Å². The number of benzene rings is 1. The van der Waals surface area contributed by atoms with Crippen LogP contribution in [-0.4, -0.2) is 22.4 Å². The molecule has 3 aromatic rings. The number of pyridine rings is 1. The summed E-state index contributed by atoms with van der Waals surface area (Å²) in [7, 11) is 0. The van der Waals surface area contributed by atoms with Gasteiger partial charge in [-0.25, -0.2) is 4.98 Å². The Morgan fingerprint density at radius 3 is 2.48 bits per heavy atom. The van der Waals surface area contributed by atoms with E-state index in [1.54, 1.807) is 23.7 Å². The zero-order chi connectivity index (χ0) is 17.6. The van der Waals surface area contributed by atoms with Gasteiger partial charge in [0, 0.05) is 35.4 Å². The molecule has 0 bridgehead atoms. The number of aromatic nitrogens is 2. The van der Waals surface area contributed by atoms with Gasteiger partial charge in [0.1, 0.15) is 5.01 Å². The highest BCUT2D eigenvalue weighted by atomic mass is 32.1. The number of amides is 1. The second kappa shape index (κ2) is 8.03. The van der Waals surface area contributed by atoms with Crippen LogP contribution in [0.25, 0.3) is 21.8 Å². The van der Waals surface area contributed by atoms with Gasteiger partial charge in [0.15, 0.2) is 0 Å². The number of nitrogens with one attached hydrogen (secondary N) is 1. The SMILES string of the molecule is CC(C)CNC(=O)Cc1ccc(-c2csc(-c3ccncc3)n2)cc1. The van der Waals surface area contributed by atoms with Crippen molar-refractivity contribution in [2.75, 3.05) is 6.54 Å². The molecule has 0 fully saturated rings. The Balaban J connectivity index is 1.67. The van der Waals surface area contributed by atoms with E-state index in [4.69, 9.17) is 4.98 Å². The first-order valence-corrected chi connectivity index (χ1v) is 9.21. The largest absolute Gasteiger partial charge is 0.356 e. The normalized spacial score (nSPS) is 10.8. The average Bonchev–Trinajstić information content (AvgIpc) is 3.11. The van der Waals surface area contributed by atoms with Crippen LogP contribution in [0.2, 0.25) is 0 Å². The summed E-state index contributed by atoms with van der Waals surface area (Å²) < 4.78 is 0. The number of rotatable bonds is 6. The van der Waals surface area contributed by atoms with Gasteiger partial charge in [-0.1, -0.05) is 38.1 Å². The van der Waals surface area contributed by atoms with Crippen molar-refractivity contribution in [1.82, 2.24) is 15.3 Å². The van der Waals surface area contributed by atoms with E-state index in [-0.39, 0.29) is 5.91 Å². The van der Waals surface area contributed by atoms with E-state index < -0.39 is 0 Å². The van der Waals surface area contributed by atoms with Gasteiger partial charge in [-0.15, -0.1) is 11.3 Å². The van der Waals surface area contributed by atoms with E-state index in [2.05, 4.69) is 29.5 Å². The summed E-state index contributed by atoms with van der Waals surface area (Å²) in [4.78, 5) is 20.6. The predicted molar refractivity (Wildman–Crippen MR) is 102 cm³/mol. The second-order valence-electron chi connectivity index (χ2n) is 6.35. The molecule has 2 aromatic heterocycles. The Hall–Kier alpha value is -2.53. The molecule has 128 valence electrons. The van der Waals surface area contributed by atoms with Gasteiger partial charge < -0.3 is 5.32 Å². The van der Waals surface area contributed by atoms with Gasteiger partial charge >= 0.3 is 0 Å². The van der Waals surface area contributed by atoms with Crippen molar-refractivity contribution in [2.45, 2.75) is 20.3 Å². The summed E-state index contributed by atoms with van der Waals surface area (Å²) in [5.74, 6) is 0.528. The fourth-order valence-electron chi connectivity index (χ4n) is 2.39. The van der Waals surface area contributed by atoms with Gasteiger partial charge in [0.25, 0.3) is 0 Å². The second-order valence-corrected chi connectivity index (χ2v) is 7.20. The minimum absolute atomic E-state index is 0.0649. The highest BCUT2D eigenvalue weighted by Crippen LogP contribution is 2.28. The molecule has 0 saturated carbocycles. The van der Waals surface area contributed by atoms with Crippen LogP contribution in [0.4, 0.5) is 0 Å². The maximum Gasteiger partial charge on any atom is 0.224 e. The molecular formula is C20H21N3OS. The lowest BCUT2D eigenvalue weighted by molar-refractivity contribution is -0.120. The molecular weight excluding hydrogens is 330 g/mol. The van der Waals surface area contributed by atoms with Crippen molar-refractivity contribution < 1.29 is 4.79 Å². The summed E-state index contributed by atoms with van der Waals surface area (Å²) >= 11 is 1.62. The van der Waals surface area contributed by atoms with Gasteiger partial charge in [-0.05, 0) is 23.6 Å². The minimum atomic E-state index is 0.0649. The lowest BCUT2D eigenvalue weighted by Crippen LogP contribution is -2.28. The third-order valence-corrected chi connectivity index (χ3v) is 4.64. The lowest BCUT2D eigenvalue weighted by Gasteiger charge is -2.07. The number of thiazole rings is 1. The van der Waals surface area contributed by atoms with Crippen LogP contribution in [0, 0.1) is 5.92 Å². The van der Waals surface area contributed by atoms with E-state index >= 15 is 0 Å². The first-order chi connectivity index (χ1) is 12.1. The summed E-state index contributed by atoms with van der Waals surface area (Å²) in [6, 6.07) is 12.0. The molecule has 0 unspecified atom stereocenters. The van der Waals surface area contributed by atoms with Gasteiger partial charge in [-0.2, -0.15) is 0 Å². The summed E-state index contributed by atoms with van der Waals surface area (Å²) in [5, 5.41) is 5.98. The number of carbonyl (C=O) groups excluding carboxylic acids is 1. The van der Waals surface area contributed by atoms with Crippen LogP contribution in [0.3, 0.4) is 0 Å². The molecule has 1 amide bonds. The summed E-state index contributed by atoms with van der Waals surface area (Å²) in [6.07, 6.45) is 3.96. The Morgan fingerprint density at radius 1 is 1.08 bits per heavy atom. The molecule has 0 atom stereocenters. The predicted octanol–water partition coefficient (Wildman–Crippen LogP) is 4.19. The Bertz CT molecular complexity index is 826. The van der Waals surface area contributed by atoms with Crippen LogP contribution in [0.5, 0.6) is 0 Å². The number of nitrogens with zero attached hydrogens (tertiary/aromatic N) is 2. The van der Waals surface area contributed by atoms with E-state index in [1.165, 1.54) is 0 Å². The van der Waals surface area contributed by atoms with Gasteiger partial charge in [0.2, 0.25) is 5.91 Å². The van der Waals surface area contributed by atoms with Crippen LogP contribution in [-0.2, 0) is 11.2 Å². The maximum atomic E-state index is 11.9. The molecule has 2 heterocycles. The molecule has 0 aliphatic heterocycles. The van der Waals surface area contributed by atoms with Crippen molar-refractivity contribution in [2.24, 2.45) is 5.92 Å². The third kappa shape index (κ3) is 4.73. The smallest absolute Gasteiger partial charge is 0.224 e. The average molecular weight is 351 g/mol. The van der Waals surface area contributed by atoms with Crippen molar-refractivity contribution in [1.29, 1.82) is 0 Å². The number of hydrogen-bond acceptors (Lipinski definition) is 4. The molecule has 3 rings (SSSR count). The third-order valence-electron chi connectivity index (χ3n) is 3.75. The topological polar surface area (TPSA) is 54.9 Å². The molecule has 0 aliphatic carbocycles.